The Morgan fingerprint density at radius 1 is 1.26 bits per heavy atom. The van der Waals surface area contributed by atoms with Gasteiger partial charge in [-0.3, -0.25) is 9.78 Å². The molecule has 2 aliphatic heterocycles. The maximum absolute atomic E-state index is 15.0. The van der Waals surface area contributed by atoms with Gasteiger partial charge in [0.2, 0.25) is 15.9 Å². The van der Waals surface area contributed by atoms with Crippen LogP contribution in [0.25, 0.3) is 0 Å². The number of halogens is 5. The number of piperazine rings is 1. The molecule has 0 saturated carbocycles. The third kappa shape index (κ3) is 7.18. The van der Waals surface area contributed by atoms with Gasteiger partial charge in [-0.2, -0.15) is 17.5 Å². The zero-order chi connectivity index (χ0) is 30.9. The molecule has 232 valence electrons. The minimum atomic E-state index is -4.68. The Morgan fingerprint density at radius 3 is 2.70 bits per heavy atom. The quantitative estimate of drug-likeness (QED) is 0.310. The number of amides is 1. The molecule has 0 aliphatic carbocycles. The van der Waals surface area contributed by atoms with Crippen LogP contribution < -0.4 is 16.4 Å². The van der Waals surface area contributed by atoms with Crippen molar-refractivity contribution in [2.75, 3.05) is 24.2 Å². The van der Waals surface area contributed by atoms with E-state index in [1.165, 1.54) is 28.0 Å². The third-order valence-electron chi connectivity index (χ3n) is 7.73. The molecule has 5 atom stereocenters. The predicted molar refractivity (Wildman–Crippen MR) is 155 cm³/mol. The van der Waals surface area contributed by atoms with Crippen LogP contribution in [0.2, 0.25) is 5.02 Å². The minimum Gasteiger partial charge on any atom is -0.323 e. The second kappa shape index (κ2) is 12.7. The molecule has 2 aliphatic rings. The van der Waals surface area contributed by atoms with Crippen LogP contribution in [0.1, 0.15) is 47.0 Å². The zero-order valence-electron chi connectivity index (χ0n) is 22.7. The van der Waals surface area contributed by atoms with Gasteiger partial charge >= 0.3 is 6.18 Å². The van der Waals surface area contributed by atoms with Crippen molar-refractivity contribution in [3.8, 4) is 0 Å². The van der Waals surface area contributed by atoms with E-state index in [1.54, 1.807) is 12.1 Å². The molecule has 0 radical (unpaired) electrons. The monoisotopic (exact) mass is 660 g/mol. The first-order chi connectivity index (χ1) is 20.3. The normalized spacial score (nSPS) is 23.3. The lowest BCUT2D eigenvalue weighted by atomic mass is 9.88. The summed E-state index contributed by atoms with van der Waals surface area (Å²) in [6.07, 6.45) is -0.744. The molecular formula is C27H29ClF4N6O3S2. The van der Waals surface area contributed by atoms with Gasteiger partial charge in [-0.25, -0.2) is 17.8 Å². The van der Waals surface area contributed by atoms with E-state index in [0.29, 0.717) is 41.4 Å². The second-order valence-electron chi connectivity index (χ2n) is 10.6. The smallest absolute Gasteiger partial charge is 0.323 e. The molecular weight excluding hydrogens is 632 g/mol. The van der Waals surface area contributed by atoms with Gasteiger partial charge in [-0.05, 0) is 43.4 Å². The number of nitrogens with zero attached hydrogens (tertiary/aromatic N) is 3. The lowest BCUT2D eigenvalue weighted by Gasteiger charge is -2.37. The summed E-state index contributed by atoms with van der Waals surface area (Å²) in [6.45, 7) is 0.766. The number of pyridine rings is 1. The average molecular weight is 661 g/mol. The van der Waals surface area contributed by atoms with Crippen molar-refractivity contribution in [1.29, 1.82) is 0 Å². The van der Waals surface area contributed by atoms with Gasteiger partial charge in [0.25, 0.3) is 0 Å². The van der Waals surface area contributed by atoms with Gasteiger partial charge in [0, 0.05) is 41.1 Å². The van der Waals surface area contributed by atoms with E-state index >= 15 is 4.39 Å². The van der Waals surface area contributed by atoms with Crippen molar-refractivity contribution in [3.05, 3.63) is 74.7 Å². The van der Waals surface area contributed by atoms with Gasteiger partial charge in [-0.1, -0.05) is 23.7 Å². The Bertz CT molecular complexity index is 1570. The number of alkyl halides is 3. The number of carbonyl (C=O) groups excluding carboxylic acids is 1. The molecule has 2 aromatic heterocycles. The van der Waals surface area contributed by atoms with Crippen molar-refractivity contribution in [1.82, 2.24) is 19.6 Å². The van der Waals surface area contributed by atoms with Crippen molar-refractivity contribution in [2.24, 2.45) is 5.73 Å². The topological polar surface area (TPSA) is 130 Å². The first-order valence-electron chi connectivity index (χ1n) is 13.5. The number of benzene rings is 1. The summed E-state index contributed by atoms with van der Waals surface area (Å²) >= 11 is 6.38. The molecule has 2 saturated heterocycles. The standard InChI is InChI=1S/C27H29ClF4N6O3S2/c28-16-5-3-15(4-6-16)23(22-14-42-26(37-22)27(30,31)32)24(33)25(39)36-21-12-34-11-20(29)19(21)8-7-18-10-35-17-2-1-9-43(40,41)38(18)13-17/h3-6,11-12,14,17-18,23-24,35H,1-2,7-10,13,33H2,(H,36,39). The molecule has 43 heavy (non-hydrogen) atoms. The molecule has 1 amide bonds. The number of rotatable bonds is 8. The molecule has 2 fully saturated rings. The molecule has 9 nitrogen and oxygen atoms in total. The van der Waals surface area contributed by atoms with Gasteiger partial charge in [0.15, 0.2) is 5.01 Å². The maximum atomic E-state index is 15.0. The van der Waals surface area contributed by atoms with Gasteiger partial charge in [0.05, 0.1) is 41.5 Å². The molecule has 0 spiro atoms. The van der Waals surface area contributed by atoms with Crippen LogP contribution in [0, 0.1) is 5.82 Å². The molecule has 5 rings (SSSR count). The molecule has 5 unspecified atom stereocenters. The number of hydrogen-bond donors (Lipinski definition) is 3. The average Bonchev–Trinajstić information content (AvgIpc) is 3.41. The molecule has 16 heteroatoms. The summed E-state index contributed by atoms with van der Waals surface area (Å²) in [6, 6.07) is 4.37. The number of aromatic nitrogens is 2. The van der Waals surface area contributed by atoms with E-state index in [1.807, 2.05) is 0 Å². The Labute approximate surface area is 254 Å². The number of hydrogen-bond acceptors (Lipinski definition) is 8. The lowest BCUT2D eigenvalue weighted by molar-refractivity contribution is -0.137. The fourth-order valence-corrected chi connectivity index (χ4v) is 8.19. The minimum absolute atomic E-state index is 0.0323. The highest BCUT2D eigenvalue weighted by molar-refractivity contribution is 7.89. The summed E-state index contributed by atoms with van der Waals surface area (Å²) < 4.78 is 82.2. The van der Waals surface area contributed by atoms with E-state index in [9.17, 15) is 26.4 Å². The lowest BCUT2D eigenvalue weighted by Crippen LogP contribution is -2.57. The molecule has 4 N–H and O–H groups in total. The zero-order valence-corrected chi connectivity index (χ0v) is 25.0. The van der Waals surface area contributed by atoms with Crippen LogP contribution in [0.5, 0.6) is 0 Å². The van der Waals surface area contributed by atoms with Crippen LogP contribution in [0.3, 0.4) is 0 Å². The van der Waals surface area contributed by atoms with Crippen LogP contribution >= 0.6 is 22.9 Å². The van der Waals surface area contributed by atoms with Crippen molar-refractivity contribution >= 4 is 44.6 Å². The van der Waals surface area contributed by atoms with E-state index in [-0.39, 0.29) is 41.6 Å². The maximum Gasteiger partial charge on any atom is 0.443 e. The third-order valence-corrected chi connectivity index (χ3v) is 10.9. The van der Waals surface area contributed by atoms with Crippen LogP contribution in [-0.4, -0.2) is 65.6 Å². The molecule has 4 heterocycles. The summed E-state index contributed by atoms with van der Waals surface area (Å²) in [4.78, 5) is 21.0. The van der Waals surface area contributed by atoms with Gasteiger partial charge in [0.1, 0.15) is 5.82 Å². The number of anilines is 1. The van der Waals surface area contributed by atoms with Crippen LogP contribution in [0.15, 0.2) is 42.0 Å². The van der Waals surface area contributed by atoms with Crippen molar-refractivity contribution in [2.45, 2.75) is 55.9 Å². The summed E-state index contributed by atoms with van der Waals surface area (Å²) in [7, 11) is -3.45. The van der Waals surface area contributed by atoms with E-state index in [2.05, 4.69) is 20.6 Å². The molecule has 1 aromatic carbocycles. The second-order valence-corrected chi connectivity index (χ2v) is 13.9. The van der Waals surface area contributed by atoms with Crippen LogP contribution in [-0.2, 0) is 27.4 Å². The largest absolute Gasteiger partial charge is 0.443 e. The predicted octanol–water partition coefficient (Wildman–Crippen LogP) is 4.15. The number of fused-ring (bicyclic) bond motifs is 2. The first-order valence-corrected chi connectivity index (χ1v) is 16.4. The summed E-state index contributed by atoms with van der Waals surface area (Å²) in [5, 5.41) is 6.45. The molecule has 2 bridgehead atoms. The Kier molecular flexibility index (Phi) is 9.40. The number of thiazole rings is 1. The Balaban J connectivity index is 1.37. The van der Waals surface area contributed by atoms with Crippen molar-refractivity contribution < 1.29 is 30.8 Å². The number of carbonyl (C=O) groups is 1. The highest BCUT2D eigenvalue weighted by Crippen LogP contribution is 2.36. The fraction of sp³-hybridized carbons (Fsp3) is 0.444. The Morgan fingerprint density at radius 2 is 2.00 bits per heavy atom. The summed E-state index contributed by atoms with van der Waals surface area (Å²) in [5.41, 5.74) is 6.85. The fourth-order valence-electron chi connectivity index (χ4n) is 5.54. The van der Waals surface area contributed by atoms with Gasteiger partial charge < -0.3 is 16.4 Å². The number of nitrogens with two attached hydrogens (primary N) is 1. The van der Waals surface area contributed by atoms with E-state index < -0.39 is 50.9 Å². The molecule has 3 aromatic rings. The SMILES string of the molecule is NC(C(=O)Nc1cncc(F)c1CCC1CNC2CCCS(=O)(=O)N1C2)C(c1ccc(Cl)cc1)c1csc(C(F)(F)F)n1. The van der Waals surface area contributed by atoms with E-state index in [4.69, 9.17) is 17.3 Å². The first kappa shape index (κ1) is 31.7. The number of sulfonamides is 1. The van der Waals surface area contributed by atoms with Crippen molar-refractivity contribution in [3.63, 3.8) is 0 Å². The van der Waals surface area contributed by atoms with Gasteiger partial charge in [-0.15, -0.1) is 11.3 Å². The Hall–Kier alpha value is -2.69. The van der Waals surface area contributed by atoms with Crippen LogP contribution in [0.4, 0.5) is 23.2 Å². The number of nitrogens with one attached hydrogen (secondary N) is 2. The van der Waals surface area contributed by atoms with E-state index in [0.717, 1.165) is 12.6 Å². The highest BCUT2D eigenvalue weighted by Gasteiger charge is 2.39. The highest BCUT2D eigenvalue weighted by atomic mass is 35.5. The summed E-state index contributed by atoms with van der Waals surface area (Å²) in [5.74, 6) is -2.52.